The summed E-state index contributed by atoms with van der Waals surface area (Å²) in [5, 5.41) is 3.96. The van der Waals surface area contributed by atoms with Crippen LogP contribution >= 0.6 is 0 Å². The fourth-order valence-corrected chi connectivity index (χ4v) is 1.69. The molecular weight excluding hydrogens is 236 g/mol. The van der Waals surface area contributed by atoms with E-state index in [0.717, 1.165) is 16.7 Å². The Kier molecular flexibility index (Phi) is 4.08. The monoisotopic (exact) mass is 252 g/mol. The Hall–Kier alpha value is -2.42. The molecule has 0 aliphatic rings. The van der Waals surface area contributed by atoms with Gasteiger partial charge in [0.05, 0.1) is 6.21 Å². The second-order valence-corrected chi connectivity index (χ2v) is 4.48. The minimum absolute atomic E-state index is 0.205. The first-order valence-corrected chi connectivity index (χ1v) is 6.12. The van der Waals surface area contributed by atoms with Crippen LogP contribution in [0.3, 0.4) is 0 Å². The summed E-state index contributed by atoms with van der Waals surface area (Å²) in [7, 11) is 0. The molecule has 0 aromatic heterocycles. The van der Waals surface area contributed by atoms with E-state index in [9.17, 15) is 4.79 Å². The third-order valence-electron chi connectivity index (χ3n) is 2.74. The largest absolute Gasteiger partial charge is 0.271 e. The van der Waals surface area contributed by atoms with Gasteiger partial charge in [-0.2, -0.15) is 5.10 Å². The SMILES string of the molecule is Cc1ccc(C(=O)NN=Cc2cccc(C)c2)cc1. The molecule has 0 fully saturated rings. The van der Waals surface area contributed by atoms with Crippen LogP contribution in [0.1, 0.15) is 27.0 Å². The van der Waals surface area contributed by atoms with E-state index in [4.69, 9.17) is 0 Å². The number of nitrogens with zero attached hydrogens (tertiary/aromatic N) is 1. The van der Waals surface area contributed by atoms with Gasteiger partial charge in [-0.1, -0.05) is 47.5 Å². The highest BCUT2D eigenvalue weighted by molar-refractivity contribution is 5.94. The average molecular weight is 252 g/mol. The molecule has 0 spiro atoms. The zero-order valence-electron chi connectivity index (χ0n) is 11.1. The summed E-state index contributed by atoms with van der Waals surface area (Å²) in [6, 6.07) is 15.3. The summed E-state index contributed by atoms with van der Waals surface area (Å²) in [6.45, 7) is 4.00. The molecule has 1 N–H and O–H groups in total. The number of benzene rings is 2. The van der Waals surface area contributed by atoms with Crippen LogP contribution in [0.2, 0.25) is 0 Å². The molecule has 0 heterocycles. The molecule has 0 saturated heterocycles. The van der Waals surface area contributed by atoms with Crippen molar-refractivity contribution in [3.8, 4) is 0 Å². The van der Waals surface area contributed by atoms with Crippen molar-refractivity contribution in [2.45, 2.75) is 13.8 Å². The quantitative estimate of drug-likeness (QED) is 0.662. The average Bonchev–Trinajstić information content (AvgIpc) is 2.39. The summed E-state index contributed by atoms with van der Waals surface area (Å²) in [5.41, 5.74) is 6.37. The minimum Gasteiger partial charge on any atom is -0.267 e. The van der Waals surface area contributed by atoms with Gasteiger partial charge in [0, 0.05) is 5.56 Å². The molecule has 19 heavy (non-hydrogen) atoms. The first kappa shape index (κ1) is 13.0. The number of amides is 1. The number of nitrogens with one attached hydrogen (secondary N) is 1. The molecule has 2 rings (SSSR count). The molecule has 3 nitrogen and oxygen atoms in total. The summed E-state index contributed by atoms with van der Waals surface area (Å²) in [5.74, 6) is -0.205. The fraction of sp³-hybridized carbons (Fsp3) is 0.125. The van der Waals surface area contributed by atoms with Crippen LogP contribution < -0.4 is 5.43 Å². The van der Waals surface area contributed by atoms with E-state index in [1.165, 1.54) is 0 Å². The van der Waals surface area contributed by atoms with Crippen LogP contribution in [0.15, 0.2) is 53.6 Å². The lowest BCUT2D eigenvalue weighted by atomic mass is 10.1. The number of hydrogen-bond donors (Lipinski definition) is 1. The summed E-state index contributed by atoms with van der Waals surface area (Å²) in [4.78, 5) is 11.8. The van der Waals surface area contributed by atoms with Crippen LogP contribution in [0.4, 0.5) is 0 Å². The molecule has 96 valence electrons. The van der Waals surface area contributed by atoms with E-state index >= 15 is 0 Å². The lowest BCUT2D eigenvalue weighted by Gasteiger charge is -2.00. The minimum atomic E-state index is -0.205. The highest BCUT2D eigenvalue weighted by Gasteiger charge is 2.02. The Morgan fingerprint density at radius 3 is 2.47 bits per heavy atom. The summed E-state index contributed by atoms with van der Waals surface area (Å²) < 4.78 is 0. The lowest BCUT2D eigenvalue weighted by Crippen LogP contribution is -2.17. The Morgan fingerprint density at radius 2 is 1.79 bits per heavy atom. The predicted octanol–water partition coefficient (Wildman–Crippen LogP) is 3.07. The number of carbonyl (C=O) groups excluding carboxylic acids is 1. The van der Waals surface area contributed by atoms with Gasteiger partial charge in [0.1, 0.15) is 0 Å². The van der Waals surface area contributed by atoms with Gasteiger partial charge in [-0.15, -0.1) is 0 Å². The second kappa shape index (κ2) is 5.96. The number of rotatable bonds is 3. The molecule has 0 radical (unpaired) electrons. The highest BCUT2D eigenvalue weighted by atomic mass is 16.2. The van der Waals surface area contributed by atoms with Crippen molar-refractivity contribution in [2.75, 3.05) is 0 Å². The Labute approximate surface area is 113 Å². The van der Waals surface area contributed by atoms with Crippen LogP contribution in [-0.4, -0.2) is 12.1 Å². The second-order valence-electron chi connectivity index (χ2n) is 4.48. The maximum atomic E-state index is 11.8. The molecular formula is C16H16N2O. The van der Waals surface area contributed by atoms with Gasteiger partial charge in [-0.3, -0.25) is 4.79 Å². The smallest absolute Gasteiger partial charge is 0.267 e. The van der Waals surface area contributed by atoms with Gasteiger partial charge in [0.15, 0.2) is 0 Å². The van der Waals surface area contributed by atoms with Gasteiger partial charge in [0.2, 0.25) is 0 Å². The Balaban J connectivity index is 1.98. The van der Waals surface area contributed by atoms with Crippen LogP contribution in [0.5, 0.6) is 0 Å². The third kappa shape index (κ3) is 3.78. The molecule has 2 aromatic rings. The normalized spacial score (nSPS) is 10.6. The van der Waals surface area contributed by atoms with Crippen LogP contribution in [0.25, 0.3) is 0 Å². The van der Waals surface area contributed by atoms with E-state index in [0.29, 0.717) is 5.56 Å². The van der Waals surface area contributed by atoms with Crippen molar-refractivity contribution in [1.29, 1.82) is 0 Å². The topological polar surface area (TPSA) is 41.5 Å². The van der Waals surface area contributed by atoms with E-state index < -0.39 is 0 Å². The van der Waals surface area contributed by atoms with Crippen molar-refractivity contribution < 1.29 is 4.79 Å². The summed E-state index contributed by atoms with van der Waals surface area (Å²) >= 11 is 0. The lowest BCUT2D eigenvalue weighted by molar-refractivity contribution is 0.0955. The molecule has 1 amide bonds. The molecule has 0 bridgehead atoms. The Bertz CT molecular complexity index is 600. The third-order valence-corrected chi connectivity index (χ3v) is 2.74. The van der Waals surface area contributed by atoms with E-state index in [2.05, 4.69) is 10.5 Å². The molecule has 0 aliphatic heterocycles. The van der Waals surface area contributed by atoms with E-state index in [1.807, 2.05) is 50.2 Å². The number of aryl methyl sites for hydroxylation is 2. The van der Waals surface area contributed by atoms with Crippen LogP contribution in [0, 0.1) is 13.8 Å². The molecule has 0 atom stereocenters. The molecule has 3 heteroatoms. The maximum absolute atomic E-state index is 11.8. The molecule has 0 saturated carbocycles. The Morgan fingerprint density at radius 1 is 1.05 bits per heavy atom. The van der Waals surface area contributed by atoms with Crippen LogP contribution in [-0.2, 0) is 0 Å². The number of hydrogen-bond acceptors (Lipinski definition) is 2. The van der Waals surface area contributed by atoms with Gasteiger partial charge >= 0.3 is 0 Å². The predicted molar refractivity (Wildman–Crippen MR) is 77.4 cm³/mol. The van der Waals surface area contributed by atoms with Crippen molar-refractivity contribution in [2.24, 2.45) is 5.10 Å². The maximum Gasteiger partial charge on any atom is 0.271 e. The van der Waals surface area contributed by atoms with Gasteiger partial charge in [-0.25, -0.2) is 5.43 Å². The molecule has 0 unspecified atom stereocenters. The first-order chi connectivity index (χ1) is 9.15. The first-order valence-electron chi connectivity index (χ1n) is 6.12. The number of carbonyl (C=O) groups is 1. The van der Waals surface area contributed by atoms with Gasteiger partial charge in [0.25, 0.3) is 5.91 Å². The zero-order valence-corrected chi connectivity index (χ0v) is 11.1. The van der Waals surface area contributed by atoms with Crippen molar-refractivity contribution in [3.63, 3.8) is 0 Å². The highest BCUT2D eigenvalue weighted by Crippen LogP contribution is 2.03. The van der Waals surface area contributed by atoms with Crippen molar-refractivity contribution in [3.05, 3.63) is 70.8 Å². The van der Waals surface area contributed by atoms with E-state index in [-0.39, 0.29) is 5.91 Å². The standard InChI is InChI=1S/C16H16N2O/c1-12-6-8-15(9-7-12)16(19)18-17-11-14-5-3-4-13(2)10-14/h3-11H,1-2H3,(H,18,19). The molecule has 2 aromatic carbocycles. The van der Waals surface area contributed by atoms with Gasteiger partial charge in [-0.05, 0) is 31.5 Å². The van der Waals surface area contributed by atoms with E-state index in [1.54, 1.807) is 18.3 Å². The summed E-state index contributed by atoms with van der Waals surface area (Å²) in [6.07, 6.45) is 1.64. The van der Waals surface area contributed by atoms with Crippen molar-refractivity contribution >= 4 is 12.1 Å². The fourth-order valence-electron chi connectivity index (χ4n) is 1.69. The number of hydrazone groups is 1. The molecule has 0 aliphatic carbocycles. The van der Waals surface area contributed by atoms with Crippen molar-refractivity contribution in [1.82, 2.24) is 5.43 Å². The zero-order chi connectivity index (χ0) is 13.7. The van der Waals surface area contributed by atoms with Gasteiger partial charge < -0.3 is 0 Å².